The van der Waals surface area contributed by atoms with E-state index in [9.17, 15) is 4.79 Å². The summed E-state index contributed by atoms with van der Waals surface area (Å²) in [6, 6.07) is 29.6. The Labute approximate surface area is 194 Å². The predicted molar refractivity (Wildman–Crippen MR) is 129 cm³/mol. The van der Waals surface area contributed by atoms with Gasteiger partial charge in [0, 0.05) is 23.0 Å². The molecule has 4 rings (SSSR count). The summed E-state index contributed by atoms with van der Waals surface area (Å²) in [6.45, 7) is 5.14. The third-order valence-corrected chi connectivity index (χ3v) is 6.02. The van der Waals surface area contributed by atoms with Crippen LogP contribution in [0.2, 0.25) is 5.02 Å². The molecule has 0 radical (unpaired) electrons. The molecule has 0 saturated carbocycles. The van der Waals surface area contributed by atoms with Crippen LogP contribution in [0.25, 0.3) is 0 Å². The zero-order valence-electron chi connectivity index (χ0n) is 18.3. The highest BCUT2D eigenvalue weighted by Crippen LogP contribution is 2.32. The molecule has 0 aliphatic rings. The topological polar surface area (TPSA) is 31.2 Å². The van der Waals surface area contributed by atoms with Gasteiger partial charge in [0.2, 0.25) is 0 Å². The first-order valence-electron chi connectivity index (χ1n) is 10.7. The molecule has 1 unspecified atom stereocenters. The van der Waals surface area contributed by atoms with Crippen molar-refractivity contribution in [2.75, 3.05) is 0 Å². The second kappa shape index (κ2) is 9.88. The summed E-state index contributed by atoms with van der Waals surface area (Å²) >= 11 is 6.11. The lowest BCUT2D eigenvalue weighted by Gasteiger charge is -2.18. The average Bonchev–Trinajstić information content (AvgIpc) is 3.08. The van der Waals surface area contributed by atoms with Gasteiger partial charge in [0.05, 0.1) is 0 Å². The first-order valence-corrected chi connectivity index (χ1v) is 11.1. The number of nitrogens with zero attached hydrogens (tertiary/aromatic N) is 1. The number of hydrogen-bond acceptors (Lipinski definition) is 2. The summed E-state index contributed by atoms with van der Waals surface area (Å²) in [5, 5.41) is 0.639. The Morgan fingerprint density at radius 2 is 1.47 bits per heavy atom. The molecular weight excluding hydrogens is 418 g/mol. The van der Waals surface area contributed by atoms with Gasteiger partial charge in [-0.05, 0) is 54.3 Å². The van der Waals surface area contributed by atoms with Crippen LogP contribution in [0.1, 0.15) is 39.6 Å². The molecule has 4 heteroatoms. The summed E-state index contributed by atoms with van der Waals surface area (Å²) < 4.78 is 8.02. The standard InChI is InChI=1S/C28H26ClNO2/c1-20-17-26(21(2)30(20)18-22-9-5-3-6-10-22)27(24-13-15-25(29)16-14-24)28(31)32-19-23-11-7-4-8-12-23/h3-17,27H,18-19H2,1-2H3. The van der Waals surface area contributed by atoms with Gasteiger partial charge in [0.15, 0.2) is 0 Å². The fourth-order valence-electron chi connectivity index (χ4n) is 4.04. The van der Waals surface area contributed by atoms with Crippen LogP contribution >= 0.6 is 11.6 Å². The molecule has 0 aliphatic carbocycles. The van der Waals surface area contributed by atoms with Crippen molar-refractivity contribution in [3.05, 3.63) is 130 Å². The van der Waals surface area contributed by atoms with Gasteiger partial charge in [-0.15, -0.1) is 0 Å². The summed E-state index contributed by atoms with van der Waals surface area (Å²) in [5.74, 6) is -0.789. The van der Waals surface area contributed by atoms with Crippen molar-refractivity contribution in [2.45, 2.75) is 32.9 Å². The Morgan fingerprint density at radius 1 is 0.875 bits per heavy atom. The van der Waals surface area contributed by atoms with Crippen LogP contribution in [0.4, 0.5) is 0 Å². The Kier molecular flexibility index (Phi) is 6.77. The van der Waals surface area contributed by atoms with Crippen molar-refractivity contribution >= 4 is 17.6 Å². The fraction of sp³-hybridized carbons (Fsp3) is 0.179. The molecule has 0 bridgehead atoms. The van der Waals surface area contributed by atoms with E-state index >= 15 is 0 Å². The maximum absolute atomic E-state index is 13.4. The second-order valence-electron chi connectivity index (χ2n) is 7.98. The number of ether oxygens (including phenoxy) is 1. The summed E-state index contributed by atoms with van der Waals surface area (Å²) in [4.78, 5) is 13.4. The van der Waals surface area contributed by atoms with Crippen molar-refractivity contribution in [1.29, 1.82) is 0 Å². The number of halogens is 1. The third-order valence-electron chi connectivity index (χ3n) is 5.77. The van der Waals surface area contributed by atoms with E-state index in [1.165, 1.54) is 5.56 Å². The summed E-state index contributed by atoms with van der Waals surface area (Å²) in [5.41, 5.74) is 6.17. The third kappa shape index (κ3) is 4.95. The number of hydrogen-bond donors (Lipinski definition) is 0. The zero-order chi connectivity index (χ0) is 22.5. The first kappa shape index (κ1) is 21.9. The Morgan fingerprint density at radius 3 is 2.09 bits per heavy atom. The van der Waals surface area contributed by atoms with E-state index in [1.54, 1.807) is 0 Å². The zero-order valence-corrected chi connectivity index (χ0v) is 19.0. The number of benzene rings is 3. The van der Waals surface area contributed by atoms with Crippen LogP contribution in [0.3, 0.4) is 0 Å². The molecule has 0 aliphatic heterocycles. The minimum absolute atomic E-state index is 0.243. The quantitative estimate of drug-likeness (QED) is 0.298. The molecule has 4 aromatic rings. The second-order valence-corrected chi connectivity index (χ2v) is 8.41. The van der Waals surface area contributed by atoms with Gasteiger partial charge in [-0.25, -0.2) is 0 Å². The lowest BCUT2D eigenvalue weighted by atomic mass is 9.91. The molecule has 1 atom stereocenters. The molecule has 162 valence electrons. The monoisotopic (exact) mass is 443 g/mol. The molecule has 0 spiro atoms. The van der Waals surface area contributed by atoms with Gasteiger partial charge >= 0.3 is 5.97 Å². The number of carbonyl (C=O) groups excluding carboxylic acids is 1. The van der Waals surface area contributed by atoms with Gasteiger partial charge in [-0.3, -0.25) is 4.79 Å². The highest BCUT2D eigenvalue weighted by atomic mass is 35.5. The van der Waals surface area contributed by atoms with E-state index in [0.29, 0.717) is 5.02 Å². The maximum Gasteiger partial charge on any atom is 0.318 e. The van der Waals surface area contributed by atoms with Crippen molar-refractivity contribution in [3.8, 4) is 0 Å². The van der Waals surface area contributed by atoms with Crippen molar-refractivity contribution in [3.63, 3.8) is 0 Å². The normalized spacial score (nSPS) is 11.8. The highest BCUT2D eigenvalue weighted by molar-refractivity contribution is 6.30. The molecule has 1 heterocycles. The van der Waals surface area contributed by atoms with Crippen LogP contribution in [-0.4, -0.2) is 10.5 Å². The molecular formula is C28H26ClNO2. The number of carbonyl (C=O) groups is 1. The van der Waals surface area contributed by atoms with Gasteiger partial charge < -0.3 is 9.30 Å². The minimum atomic E-state index is -0.522. The summed E-state index contributed by atoms with van der Waals surface area (Å²) in [7, 11) is 0. The van der Waals surface area contributed by atoms with Crippen LogP contribution in [-0.2, 0) is 22.7 Å². The number of aryl methyl sites for hydroxylation is 1. The average molecular weight is 444 g/mol. The predicted octanol–water partition coefficient (Wildman–Crippen LogP) is 6.68. The number of rotatable bonds is 7. The maximum atomic E-state index is 13.4. The first-order chi connectivity index (χ1) is 15.5. The van der Waals surface area contributed by atoms with E-state index in [4.69, 9.17) is 16.3 Å². The SMILES string of the molecule is Cc1cc(C(C(=O)OCc2ccccc2)c2ccc(Cl)cc2)c(C)n1Cc1ccccc1. The van der Waals surface area contributed by atoms with Crippen LogP contribution in [0.15, 0.2) is 91.0 Å². The van der Waals surface area contributed by atoms with Gasteiger partial charge in [-0.1, -0.05) is 84.4 Å². The van der Waals surface area contributed by atoms with E-state index in [2.05, 4.69) is 36.6 Å². The van der Waals surface area contributed by atoms with E-state index in [0.717, 1.165) is 34.6 Å². The van der Waals surface area contributed by atoms with Gasteiger partial charge in [0.25, 0.3) is 0 Å². The van der Waals surface area contributed by atoms with Crippen molar-refractivity contribution in [1.82, 2.24) is 4.57 Å². The molecule has 3 aromatic carbocycles. The van der Waals surface area contributed by atoms with Gasteiger partial charge in [0.1, 0.15) is 12.5 Å². The Bertz CT molecular complexity index is 1180. The van der Waals surface area contributed by atoms with Crippen molar-refractivity contribution in [2.24, 2.45) is 0 Å². The molecule has 3 nitrogen and oxygen atoms in total. The van der Waals surface area contributed by atoms with E-state index in [1.807, 2.05) is 72.8 Å². The molecule has 0 amide bonds. The van der Waals surface area contributed by atoms with Crippen LogP contribution in [0, 0.1) is 13.8 Å². The van der Waals surface area contributed by atoms with Gasteiger partial charge in [-0.2, -0.15) is 0 Å². The van der Waals surface area contributed by atoms with Crippen LogP contribution in [0.5, 0.6) is 0 Å². The molecule has 1 aromatic heterocycles. The Hall–Kier alpha value is -3.30. The van der Waals surface area contributed by atoms with Crippen LogP contribution < -0.4 is 0 Å². The summed E-state index contributed by atoms with van der Waals surface area (Å²) in [6.07, 6.45) is 0. The molecule has 0 saturated heterocycles. The van der Waals surface area contributed by atoms with E-state index in [-0.39, 0.29) is 12.6 Å². The Balaban J connectivity index is 1.67. The molecule has 0 fully saturated rings. The number of aromatic nitrogens is 1. The largest absolute Gasteiger partial charge is 0.460 e. The molecule has 0 N–H and O–H groups in total. The lowest BCUT2D eigenvalue weighted by Crippen LogP contribution is -2.18. The van der Waals surface area contributed by atoms with E-state index < -0.39 is 5.92 Å². The fourth-order valence-corrected chi connectivity index (χ4v) is 4.17. The minimum Gasteiger partial charge on any atom is -0.460 e. The highest BCUT2D eigenvalue weighted by Gasteiger charge is 2.28. The molecule has 32 heavy (non-hydrogen) atoms. The number of esters is 1. The van der Waals surface area contributed by atoms with Crippen molar-refractivity contribution < 1.29 is 9.53 Å². The smallest absolute Gasteiger partial charge is 0.318 e. The lowest BCUT2D eigenvalue weighted by molar-refractivity contribution is -0.145.